The molecular formula is C29H38N2O6. The first-order valence-electron chi connectivity index (χ1n) is 12.5. The second-order valence-electron chi connectivity index (χ2n) is 10.8. The molecule has 1 aliphatic rings. The molecule has 37 heavy (non-hydrogen) atoms. The first-order chi connectivity index (χ1) is 17.3. The Kier molecular flexibility index (Phi) is 10.6. The molecule has 0 saturated heterocycles. The van der Waals surface area contributed by atoms with Gasteiger partial charge in [-0.25, -0.2) is 9.59 Å². The Labute approximate surface area is 219 Å². The number of hydrogen-bond acceptors (Lipinski definition) is 6. The van der Waals surface area contributed by atoms with Gasteiger partial charge in [0, 0.05) is 23.7 Å². The first-order valence-corrected chi connectivity index (χ1v) is 12.5. The Bertz CT molecular complexity index is 1070. The summed E-state index contributed by atoms with van der Waals surface area (Å²) in [5.41, 5.74) is -0.905. The summed E-state index contributed by atoms with van der Waals surface area (Å²) in [7, 11) is 1.21. The van der Waals surface area contributed by atoms with E-state index in [9.17, 15) is 19.5 Å². The zero-order chi connectivity index (χ0) is 27.6. The van der Waals surface area contributed by atoms with E-state index < -0.39 is 35.2 Å². The van der Waals surface area contributed by atoms with Gasteiger partial charge in [-0.2, -0.15) is 0 Å². The molecule has 2 amide bonds. The molecule has 1 unspecified atom stereocenters. The minimum atomic E-state index is -1.20. The van der Waals surface area contributed by atoms with Gasteiger partial charge >= 0.3 is 12.1 Å². The smallest absolute Gasteiger partial charge is 0.408 e. The maximum absolute atomic E-state index is 12.9. The molecule has 1 saturated carbocycles. The molecule has 1 fully saturated rings. The SMILES string of the molecule is COC(=O)C(NC(=O)c1ccc(C#CC#CC2CCC(CO)CC2)cc1)C(C)(C)NC(=O)OC(C)(C)C. The quantitative estimate of drug-likeness (QED) is 0.399. The van der Waals surface area contributed by atoms with Crippen molar-refractivity contribution in [1.29, 1.82) is 0 Å². The van der Waals surface area contributed by atoms with Crippen LogP contribution < -0.4 is 10.6 Å². The minimum Gasteiger partial charge on any atom is -0.467 e. The third kappa shape index (κ3) is 9.82. The summed E-state index contributed by atoms with van der Waals surface area (Å²) in [6, 6.07) is 5.44. The van der Waals surface area contributed by atoms with Crippen molar-refractivity contribution >= 4 is 18.0 Å². The zero-order valence-corrected chi connectivity index (χ0v) is 22.6. The van der Waals surface area contributed by atoms with Crippen LogP contribution in [0.4, 0.5) is 4.79 Å². The van der Waals surface area contributed by atoms with Crippen LogP contribution in [0.5, 0.6) is 0 Å². The number of hydrogen-bond donors (Lipinski definition) is 3. The number of rotatable bonds is 6. The molecule has 0 aliphatic heterocycles. The van der Waals surface area contributed by atoms with Crippen molar-refractivity contribution in [1.82, 2.24) is 10.6 Å². The van der Waals surface area contributed by atoms with E-state index in [0.717, 1.165) is 25.7 Å². The van der Waals surface area contributed by atoms with Gasteiger partial charge in [0.25, 0.3) is 5.91 Å². The lowest BCUT2D eigenvalue weighted by atomic mass is 9.83. The summed E-state index contributed by atoms with van der Waals surface area (Å²) in [5.74, 6) is 11.4. The molecule has 0 radical (unpaired) electrons. The number of aliphatic hydroxyl groups is 1. The van der Waals surface area contributed by atoms with Gasteiger partial charge in [0.05, 0.1) is 12.6 Å². The monoisotopic (exact) mass is 510 g/mol. The molecule has 1 atom stereocenters. The van der Waals surface area contributed by atoms with E-state index in [4.69, 9.17) is 9.47 Å². The van der Waals surface area contributed by atoms with E-state index in [1.165, 1.54) is 7.11 Å². The minimum absolute atomic E-state index is 0.248. The van der Waals surface area contributed by atoms with Crippen molar-refractivity contribution in [3.8, 4) is 23.7 Å². The number of amides is 2. The lowest BCUT2D eigenvalue weighted by Gasteiger charge is -2.34. The lowest BCUT2D eigenvalue weighted by Crippen LogP contribution is -2.62. The van der Waals surface area contributed by atoms with Crippen molar-refractivity contribution < 1.29 is 29.0 Å². The molecule has 0 heterocycles. The maximum atomic E-state index is 12.9. The molecule has 8 heteroatoms. The Balaban J connectivity index is 2.03. The predicted octanol–water partition coefficient (Wildman–Crippen LogP) is 3.41. The molecule has 1 aliphatic carbocycles. The molecule has 1 aromatic carbocycles. The van der Waals surface area contributed by atoms with Gasteiger partial charge in [-0.1, -0.05) is 11.8 Å². The molecule has 0 bridgehead atoms. The summed E-state index contributed by atoms with van der Waals surface area (Å²) in [5, 5.41) is 14.5. The van der Waals surface area contributed by atoms with Crippen LogP contribution >= 0.6 is 0 Å². The van der Waals surface area contributed by atoms with Crippen LogP contribution in [-0.2, 0) is 14.3 Å². The Morgan fingerprint density at radius 3 is 2.19 bits per heavy atom. The zero-order valence-electron chi connectivity index (χ0n) is 22.6. The van der Waals surface area contributed by atoms with Crippen molar-refractivity contribution in [3.63, 3.8) is 0 Å². The topological polar surface area (TPSA) is 114 Å². The van der Waals surface area contributed by atoms with E-state index in [1.54, 1.807) is 58.9 Å². The highest BCUT2D eigenvalue weighted by molar-refractivity contribution is 5.97. The second kappa shape index (κ2) is 13.2. The van der Waals surface area contributed by atoms with Crippen LogP contribution in [0.25, 0.3) is 0 Å². The molecule has 1 aromatic rings. The number of ether oxygens (including phenoxy) is 2. The summed E-state index contributed by atoms with van der Waals surface area (Å²) >= 11 is 0. The number of aliphatic hydroxyl groups excluding tert-OH is 1. The van der Waals surface area contributed by atoms with Crippen molar-refractivity contribution in [3.05, 3.63) is 35.4 Å². The van der Waals surface area contributed by atoms with Crippen LogP contribution in [0, 0.1) is 35.5 Å². The van der Waals surface area contributed by atoms with Crippen LogP contribution in [0.2, 0.25) is 0 Å². The molecule has 0 spiro atoms. The van der Waals surface area contributed by atoms with Crippen molar-refractivity contribution in [2.24, 2.45) is 11.8 Å². The number of benzene rings is 1. The van der Waals surface area contributed by atoms with Gasteiger partial charge in [-0.3, -0.25) is 4.79 Å². The highest BCUT2D eigenvalue weighted by Crippen LogP contribution is 2.27. The van der Waals surface area contributed by atoms with Gasteiger partial charge in [0.1, 0.15) is 11.6 Å². The number of alkyl carbamates (subject to hydrolysis) is 1. The lowest BCUT2D eigenvalue weighted by molar-refractivity contribution is -0.144. The highest BCUT2D eigenvalue weighted by Gasteiger charge is 2.39. The van der Waals surface area contributed by atoms with Gasteiger partial charge < -0.3 is 25.2 Å². The number of carbonyl (C=O) groups excluding carboxylic acids is 3. The summed E-state index contributed by atoms with van der Waals surface area (Å²) in [6.07, 6.45) is 3.25. The summed E-state index contributed by atoms with van der Waals surface area (Å²) in [6.45, 7) is 8.62. The van der Waals surface area contributed by atoms with E-state index in [1.807, 2.05) is 0 Å². The third-order valence-corrected chi connectivity index (χ3v) is 6.05. The van der Waals surface area contributed by atoms with Gasteiger partial charge in [0.2, 0.25) is 0 Å². The molecule has 2 rings (SSSR count). The Hall–Kier alpha value is -3.49. The van der Waals surface area contributed by atoms with E-state index in [-0.39, 0.29) is 6.61 Å². The predicted molar refractivity (Wildman–Crippen MR) is 140 cm³/mol. The maximum Gasteiger partial charge on any atom is 0.408 e. The fourth-order valence-electron chi connectivity index (χ4n) is 3.94. The standard InChI is InChI=1S/C29H38N2O6/c1-28(2,3)37-27(35)31-29(4,5)24(26(34)36-6)30-25(33)23-17-15-21(16-18-23)10-8-7-9-20-11-13-22(19-32)14-12-20/h15-18,20,22,24,32H,11-14,19H2,1-6H3,(H,30,33)(H,31,35). The van der Waals surface area contributed by atoms with Crippen LogP contribution in [0.15, 0.2) is 24.3 Å². The van der Waals surface area contributed by atoms with Gasteiger partial charge in [-0.15, -0.1) is 0 Å². The largest absolute Gasteiger partial charge is 0.467 e. The fraction of sp³-hybridized carbons (Fsp3) is 0.552. The van der Waals surface area contributed by atoms with Crippen molar-refractivity contribution in [2.75, 3.05) is 13.7 Å². The van der Waals surface area contributed by atoms with Crippen LogP contribution in [0.3, 0.4) is 0 Å². The number of carbonyl (C=O) groups is 3. The second-order valence-corrected chi connectivity index (χ2v) is 10.8. The highest BCUT2D eigenvalue weighted by atomic mass is 16.6. The fourth-order valence-corrected chi connectivity index (χ4v) is 3.94. The Morgan fingerprint density at radius 2 is 1.65 bits per heavy atom. The van der Waals surface area contributed by atoms with Crippen molar-refractivity contribution in [2.45, 2.75) is 77.5 Å². The average Bonchev–Trinajstić information content (AvgIpc) is 2.83. The Morgan fingerprint density at radius 1 is 1.03 bits per heavy atom. The number of nitrogens with one attached hydrogen (secondary N) is 2. The normalized spacial score (nSPS) is 18.1. The van der Waals surface area contributed by atoms with Gasteiger partial charge in [-0.05, 0) is 102 Å². The average molecular weight is 511 g/mol. The number of methoxy groups -OCH3 is 1. The van der Waals surface area contributed by atoms with Crippen LogP contribution in [-0.4, -0.2) is 54.0 Å². The molecule has 200 valence electrons. The third-order valence-electron chi connectivity index (χ3n) is 6.05. The first kappa shape index (κ1) is 29.7. The molecular weight excluding hydrogens is 472 g/mol. The van der Waals surface area contributed by atoms with E-state index in [0.29, 0.717) is 23.0 Å². The van der Waals surface area contributed by atoms with E-state index in [2.05, 4.69) is 34.3 Å². The van der Waals surface area contributed by atoms with Gasteiger partial charge in [0.15, 0.2) is 0 Å². The molecule has 8 nitrogen and oxygen atoms in total. The molecule has 0 aromatic heterocycles. The summed E-state index contributed by atoms with van der Waals surface area (Å²) in [4.78, 5) is 37.6. The van der Waals surface area contributed by atoms with E-state index >= 15 is 0 Å². The molecule has 3 N–H and O–H groups in total. The van der Waals surface area contributed by atoms with Crippen LogP contribution in [0.1, 0.15) is 76.2 Å². The summed E-state index contributed by atoms with van der Waals surface area (Å²) < 4.78 is 10.1. The number of esters is 1.